The van der Waals surface area contributed by atoms with Gasteiger partial charge in [0.2, 0.25) is 0 Å². The highest BCUT2D eigenvalue weighted by atomic mass is 32.1. The Morgan fingerprint density at radius 2 is 1.83 bits per heavy atom. The predicted octanol–water partition coefficient (Wildman–Crippen LogP) is 4.64. The average Bonchev–Trinajstić information content (AvgIpc) is 3.07. The van der Waals surface area contributed by atoms with Crippen molar-refractivity contribution in [3.8, 4) is 27.6 Å². The van der Waals surface area contributed by atoms with E-state index in [9.17, 15) is 0 Å². The zero-order valence-electron chi connectivity index (χ0n) is 13.4. The van der Waals surface area contributed by atoms with Crippen molar-refractivity contribution in [2.45, 2.75) is 20.4 Å². The molecule has 1 aromatic heterocycles. The van der Waals surface area contributed by atoms with E-state index in [1.54, 1.807) is 11.3 Å². The summed E-state index contributed by atoms with van der Waals surface area (Å²) in [5, 5.41) is 3.12. The fourth-order valence-electron chi connectivity index (χ4n) is 2.45. The van der Waals surface area contributed by atoms with Crippen molar-refractivity contribution in [1.82, 2.24) is 4.98 Å². The Labute approximate surface area is 140 Å². The van der Waals surface area contributed by atoms with Gasteiger partial charge in [0.15, 0.2) is 0 Å². The van der Waals surface area contributed by atoms with E-state index in [1.165, 1.54) is 0 Å². The van der Waals surface area contributed by atoms with Gasteiger partial charge in [0.1, 0.15) is 10.8 Å². The van der Waals surface area contributed by atoms with E-state index in [-0.39, 0.29) is 0 Å². The van der Waals surface area contributed by atoms with Crippen molar-refractivity contribution in [3.63, 3.8) is 0 Å². The number of aryl methyl sites for hydroxylation is 1. The van der Waals surface area contributed by atoms with Gasteiger partial charge in [-0.3, -0.25) is 0 Å². The lowest BCUT2D eigenvalue weighted by molar-refractivity contribution is 0.338. The van der Waals surface area contributed by atoms with Crippen molar-refractivity contribution in [2.75, 3.05) is 6.61 Å². The van der Waals surface area contributed by atoms with E-state index in [4.69, 9.17) is 15.5 Å². The quantitative estimate of drug-likeness (QED) is 0.743. The Bertz CT molecular complexity index is 793. The summed E-state index contributed by atoms with van der Waals surface area (Å²) >= 11 is 1.66. The molecular formula is C19H20N2OS. The van der Waals surface area contributed by atoms with Crippen LogP contribution in [0.4, 0.5) is 0 Å². The molecule has 4 heteroatoms. The van der Waals surface area contributed by atoms with Crippen LogP contribution in [-0.4, -0.2) is 11.6 Å². The van der Waals surface area contributed by atoms with Crippen LogP contribution in [0.1, 0.15) is 18.1 Å². The van der Waals surface area contributed by atoms with Crippen molar-refractivity contribution < 1.29 is 4.74 Å². The smallest absolute Gasteiger partial charge is 0.124 e. The summed E-state index contributed by atoms with van der Waals surface area (Å²) in [7, 11) is 0. The SMILES string of the molecule is CCOc1ccc(-c2csc(-c3ccc(CN)cc3)n2)cc1C. The molecule has 0 unspecified atom stereocenters. The second kappa shape index (κ2) is 6.94. The first-order valence-electron chi connectivity index (χ1n) is 7.70. The van der Waals surface area contributed by atoms with Gasteiger partial charge in [-0.2, -0.15) is 0 Å². The summed E-state index contributed by atoms with van der Waals surface area (Å²) in [6.07, 6.45) is 0. The molecule has 0 bridgehead atoms. The van der Waals surface area contributed by atoms with E-state index >= 15 is 0 Å². The number of nitrogens with two attached hydrogens (primary N) is 1. The molecule has 2 N–H and O–H groups in total. The van der Waals surface area contributed by atoms with Gasteiger partial charge in [-0.05, 0) is 43.2 Å². The minimum atomic E-state index is 0.564. The molecule has 0 aliphatic rings. The number of rotatable bonds is 5. The minimum absolute atomic E-state index is 0.564. The normalized spacial score (nSPS) is 10.7. The highest BCUT2D eigenvalue weighted by molar-refractivity contribution is 7.13. The second-order valence-corrected chi connectivity index (χ2v) is 6.21. The van der Waals surface area contributed by atoms with E-state index < -0.39 is 0 Å². The molecule has 0 radical (unpaired) electrons. The van der Waals surface area contributed by atoms with Crippen LogP contribution in [0, 0.1) is 6.92 Å². The molecule has 2 aromatic carbocycles. The third kappa shape index (κ3) is 3.44. The maximum absolute atomic E-state index is 5.64. The first kappa shape index (κ1) is 15.7. The van der Waals surface area contributed by atoms with Gasteiger partial charge in [-0.1, -0.05) is 24.3 Å². The van der Waals surface area contributed by atoms with Crippen molar-refractivity contribution in [2.24, 2.45) is 5.73 Å². The van der Waals surface area contributed by atoms with Crippen LogP contribution < -0.4 is 10.5 Å². The van der Waals surface area contributed by atoms with E-state index in [2.05, 4.69) is 48.7 Å². The molecule has 0 saturated heterocycles. The predicted molar refractivity (Wildman–Crippen MR) is 96.8 cm³/mol. The van der Waals surface area contributed by atoms with E-state index in [1.807, 2.05) is 13.0 Å². The molecule has 0 fully saturated rings. The zero-order chi connectivity index (χ0) is 16.2. The number of hydrogen-bond acceptors (Lipinski definition) is 4. The van der Waals surface area contributed by atoms with Crippen LogP contribution in [0.25, 0.3) is 21.8 Å². The molecule has 3 nitrogen and oxygen atoms in total. The average molecular weight is 324 g/mol. The molecule has 1 heterocycles. The van der Waals surface area contributed by atoms with Gasteiger partial charge >= 0.3 is 0 Å². The Morgan fingerprint density at radius 1 is 1.09 bits per heavy atom. The van der Waals surface area contributed by atoms with Gasteiger partial charge in [0, 0.05) is 23.1 Å². The Balaban J connectivity index is 1.87. The highest BCUT2D eigenvalue weighted by Crippen LogP contribution is 2.31. The monoisotopic (exact) mass is 324 g/mol. The highest BCUT2D eigenvalue weighted by Gasteiger charge is 2.08. The fourth-order valence-corrected chi connectivity index (χ4v) is 3.28. The number of aromatic nitrogens is 1. The molecule has 0 amide bonds. The molecule has 0 saturated carbocycles. The van der Waals surface area contributed by atoms with Gasteiger partial charge in [-0.25, -0.2) is 4.98 Å². The van der Waals surface area contributed by atoms with Crippen LogP contribution in [0.2, 0.25) is 0 Å². The maximum atomic E-state index is 5.64. The lowest BCUT2D eigenvalue weighted by Crippen LogP contribution is -1.95. The van der Waals surface area contributed by atoms with E-state index in [0.29, 0.717) is 13.2 Å². The van der Waals surface area contributed by atoms with Crippen molar-refractivity contribution in [1.29, 1.82) is 0 Å². The van der Waals surface area contributed by atoms with Crippen LogP contribution in [0.5, 0.6) is 5.75 Å². The number of ether oxygens (including phenoxy) is 1. The molecule has 0 aliphatic carbocycles. The van der Waals surface area contributed by atoms with Crippen molar-refractivity contribution >= 4 is 11.3 Å². The Morgan fingerprint density at radius 3 is 2.48 bits per heavy atom. The summed E-state index contributed by atoms with van der Waals surface area (Å²) < 4.78 is 5.60. The summed E-state index contributed by atoms with van der Waals surface area (Å²) in [5.41, 5.74) is 11.1. The molecule has 3 aromatic rings. The molecule has 0 spiro atoms. The lowest BCUT2D eigenvalue weighted by Gasteiger charge is -2.07. The van der Waals surface area contributed by atoms with Crippen LogP contribution in [-0.2, 0) is 6.54 Å². The molecule has 118 valence electrons. The fraction of sp³-hybridized carbons (Fsp3) is 0.211. The standard InChI is InChI=1S/C19H20N2OS/c1-3-22-18-9-8-16(10-13(18)2)17-12-23-19(21-17)15-6-4-14(11-20)5-7-15/h4-10,12H,3,11,20H2,1-2H3. The number of nitrogens with zero attached hydrogens (tertiary/aromatic N) is 1. The Kier molecular flexibility index (Phi) is 4.74. The number of thiazole rings is 1. The van der Waals surface area contributed by atoms with Gasteiger partial charge < -0.3 is 10.5 Å². The molecule has 0 aliphatic heterocycles. The number of benzene rings is 2. The molecule has 3 rings (SSSR count). The molecular weight excluding hydrogens is 304 g/mol. The summed E-state index contributed by atoms with van der Waals surface area (Å²) in [4.78, 5) is 4.77. The minimum Gasteiger partial charge on any atom is -0.494 e. The third-order valence-corrected chi connectivity index (χ3v) is 4.60. The molecule has 23 heavy (non-hydrogen) atoms. The van der Waals surface area contributed by atoms with Gasteiger partial charge in [0.05, 0.1) is 12.3 Å². The lowest BCUT2D eigenvalue weighted by atomic mass is 10.1. The van der Waals surface area contributed by atoms with Gasteiger partial charge in [-0.15, -0.1) is 11.3 Å². The number of hydrogen-bond donors (Lipinski definition) is 1. The third-order valence-electron chi connectivity index (χ3n) is 3.71. The summed E-state index contributed by atoms with van der Waals surface area (Å²) in [6, 6.07) is 14.5. The first-order chi connectivity index (χ1) is 11.2. The summed E-state index contributed by atoms with van der Waals surface area (Å²) in [6.45, 7) is 5.30. The van der Waals surface area contributed by atoms with Crippen LogP contribution >= 0.6 is 11.3 Å². The van der Waals surface area contributed by atoms with Crippen molar-refractivity contribution in [3.05, 3.63) is 59.0 Å². The zero-order valence-corrected chi connectivity index (χ0v) is 14.2. The summed E-state index contributed by atoms with van der Waals surface area (Å²) in [5.74, 6) is 0.934. The largest absolute Gasteiger partial charge is 0.494 e. The van der Waals surface area contributed by atoms with E-state index in [0.717, 1.165) is 38.7 Å². The first-order valence-corrected chi connectivity index (χ1v) is 8.58. The second-order valence-electron chi connectivity index (χ2n) is 5.35. The Hall–Kier alpha value is -2.17. The maximum Gasteiger partial charge on any atom is 0.124 e. The molecule has 0 atom stereocenters. The van der Waals surface area contributed by atoms with Crippen LogP contribution in [0.3, 0.4) is 0 Å². The van der Waals surface area contributed by atoms with Crippen LogP contribution in [0.15, 0.2) is 47.8 Å². The van der Waals surface area contributed by atoms with Gasteiger partial charge in [0.25, 0.3) is 0 Å². The topological polar surface area (TPSA) is 48.1 Å².